The molecule has 0 unspecified atom stereocenters. The zero-order valence-corrected chi connectivity index (χ0v) is 13.8. The molecule has 0 aliphatic carbocycles. The first-order chi connectivity index (χ1) is 10.7. The van der Waals surface area contributed by atoms with Gasteiger partial charge in [-0.2, -0.15) is 5.10 Å². The van der Waals surface area contributed by atoms with Crippen LogP contribution in [0.25, 0.3) is 0 Å². The maximum atomic E-state index is 10.5. The van der Waals surface area contributed by atoms with Gasteiger partial charge in [0, 0.05) is 31.5 Å². The van der Waals surface area contributed by atoms with Gasteiger partial charge in [0.25, 0.3) is 0 Å². The number of rotatable bonds is 6. The lowest BCUT2D eigenvalue weighted by atomic mass is 9.99. The smallest absolute Gasteiger partial charge is 0.0793 e. The molecule has 2 saturated heterocycles. The van der Waals surface area contributed by atoms with Gasteiger partial charge in [-0.1, -0.05) is 6.92 Å². The van der Waals surface area contributed by atoms with Crippen molar-refractivity contribution in [3.63, 3.8) is 0 Å². The topological polar surface area (TPSA) is 44.5 Å². The predicted octanol–water partition coefficient (Wildman–Crippen LogP) is 1.44. The minimum atomic E-state index is -0.230. The molecule has 5 nitrogen and oxygen atoms in total. The van der Waals surface area contributed by atoms with E-state index in [9.17, 15) is 5.11 Å². The van der Waals surface area contributed by atoms with Gasteiger partial charge in [0.05, 0.1) is 12.6 Å². The van der Waals surface area contributed by atoms with Crippen LogP contribution in [0.3, 0.4) is 0 Å². The summed E-state index contributed by atoms with van der Waals surface area (Å²) >= 11 is 0. The van der Waals surface area contributed by atoms with Crippen LogP contribution in [0, 0.1) is 5.92 Å². The average molecular weight is 306 g/mol. The molecule has 1 aromatic heterocycles. The summed E-state index contributed by atoms with van der Waals surface area (Å²) in [4.78, 5) is 4.89. The number of aliphatic hydroxyl groups excluding tert-OH is 1. The largest absolute Gasteiger partial charge is 0.390 e. The van der Waals surface area contributed by atoms with Crippen LogP contribution in [0.5, 0.6) is 0 Å². The van der Waals surface area contributed by atoms with Gasteiger partial charge >= 0.3 is 0 Å². The molecule has 2 atom stereocenters. The van der Waals surface area contributed by atoms with Gasteiger partial charge in [0.15, 0.2) is 0 Å². The molecular formula is C17H30N4O. The first-order valence-electron chi connectivity index (χ1n) is 8.82. The van der Waals surface area contributed by atoms with Crippen molar-refractivity contribution in [2.75, 3.05) is 32.7 Å². The third-order valence-corrected chi connectivity index (χ3v) is 5.25. The number of β-amino-alcohol motifs (C(OH)–C–C–N with tert-alkyl or cyclic N) is 1. The number of hydrogen-bond acceptors (Lipinski definition) is 4. The Morgan fingerprint density at radius 1 is 1.18 bits per heavy atom. The lowest BCUT2D eigenvalue weighted by molar-refractivity contribution is 0.0553. The molecule has 0 saturated carbocycles. The Labute approximate surface area is 133 Å². The predicted molar refractivity (Wildman–Crippen MR) is 87.7 cm³/mol. The van der Waals surface area contributed by atoms with Crippen molar-refractivity contribution in [1.29, 1.82) is 0 Å². The summed E-state index contributed by atoms with van der Waals surface area (Å²) in [5.41, 5.74) is 0. The Balaban J connectivity index is 1.44. The SMILES string of the molecule is CC1CCN(C[C@H](O)CN2CCC[C@H]2Cn2cccn2)CC1. The van der Waals surface area contributed by atoms with Crippen molar-refractivity contribution in [3.05, 3.63) is 18.5 Å². The first-order valence-corrected chi connectivity index (χ1v) is 8.82. The Morgan fingerprint density at radius 2 is 2.00 bits per heavy atom. The quantitative estimate of drug-likeness (QED) is 0.864. The number of nitrogens with zero attached hydrogens (tertiary/aromatic N) is 4. The highest BCUT2D eigenvalue weighted by Crippen LogP contribution is 2.20. The number of aliphatic hydroxyl groups is 1. The van der Waals surface area contributed by atoms with Crippen LogP contribution in [0.1, 0.15) is 32.6 Å². The molecule has 0 radical (unpaired) electrons. The summed E-state index contributed by atoms with van der Waals surface area (Å²) in [6.07, 6.45) is 8.64. The summed E-state index contributed by atoms with van der Waals surface area (Å²) in [6.45, 7) is 8.32. The highest BCUT2D eigenvalue weighted by atomic mass is 16.3. The molecule has 0 spiro atoms. The summed E-state index contributed by atoms with van der Waals surface area (Å²) in [5, 5.41) is 14.8. The number of piperidine rings is 1. The highest BCUT2D eigenvalue weighted by molar-refractivity contribution is 4.85. The van der Waals surface area contributed by atoms with E-state index < -0.39 is 0 Å². The molecule has 22 heavy (non-hydrogen) atoms. The van der Waals surface area contributed by atoms with E-state index in [1.54, 1.807) is 0 Å². The highest BCUT2D eigenvalue weighted by Gasteiger charge is 2.27. The molecule has 0 aromatic carbocycles. The summed E-state index contributed by atoms with van der Waals surface area (Å²) in [5.74, 6) is 0.852. The van der Waals surface area contributed by atoms with Crippen LogP contribution in [0.15, 0.2) is 18.5 Å². The zero-order valence-electron chi connectivity index (χ0n) is 13.8. The molecule has 1 aromatic rings. The lowest BCUT2D eigenvalue weighted by Gasteiger charge is -2.33. The lowest BCUT2D eigenvalue weighted by Crippen LogP contribution is -2.45. The molecule has 5 heteroatoms. The molecule has 1 N–H and O–H groups in total. The molecule has 124 valence electrons. The van der Waals surface area contributed by atoms with E-state index in [4.69, 9.17) is 0 Å². The van der Waals surface area contributed by atoms with E-state index in [0.29, 0.717) is 6.04 Å². The monoisotopic (exact) mass is 306 g/mol. The van der Waals surface area contributed by atoms with Gasteiger partial charge in [0.2, 0.25) is 0 Å². The van der Waals surface area contributed by atoms with Crippen LogP contribution in [-0.2, 0) is 6.54 Å². The Bertz CT molecular complexity index is 428. The van der Waals surface area contributed by atoms with Crippen molar-refractivity contribution >= 4 is 0 Å². The maximum Gasteiger partial charge on any atom is 0.0793 e. The summed E-state index contributed by atoms with van der Waals surface area (Å²) in [7, 11) is 0. The number of aromatic nitrogens is 2. The fourth-order valence-electron chi connectivity index (χ4n) is 3.84. The normalized spacial score (nSPS) is 26.5. The van der Waals surface area contributed by atoms with Crippen molar-refractivity contribution in [2.24, 2.45) is 5.92 Å². The van der Waals surface area contributed by atoms with Crippen molar-refractivity contribution in [3.8, 4) is 0 Å². The molecular weight excluding hydrogens is 276 g/mol. The Hall–Kier alpha value is -0.910. The zero-order chi connectivity index (χ0) is 15.4. The van der Waals surface area contributed by atoms with E-state index in [2.05, 4.69) is 21.8 Å². The van der Waals surface area contributed by atoms with Gasteiger partial charge in [-0.25, -0.2) is 0 Å². The molecule has 0 amide bonds. The van der Waals surface area contributed by atoms with E-state index in [1.165, 1.54) is 25.7 Å². The summed E-state index contributed by atoms with van der Waals surface area (Å²) < 4.78 is 2.02. The van der Waals surface area contributed by atoms with E-state index >= 15 is 0 Å². The second kappa shape index (κ2) is 7.57. The van der Waals surface area contributed by atoms with Gasteiger partial charge in [0.1, 0.15) is 0 Å². The minimum absolute atomic E-state index is 0.230. The van der Waals surface area contributed by atoms with Crippen LogP contribution in [0.4, 0.5) is 0 Å². The number of likely N-dealkylation sites (tertiary alicyclic amines) is 2. The van der Waals surface area contributed by atoms with E-state index in [-0.39, 0.29) is 6.10 Å². The fourth-order valence-corrected chi connectivity index (χ4v) is 3.84. The second-order valence-electron chi connectivity index (χ2n) is 7.16. The first kappa shape index (κ1) is 16.0. The molecule has 3 rings (SSSR count). The fraction of sp³-hybridized carbons (Fsp3) is 0.824. The summed E-state index contributed by atoms with van der Waals surface area (Å²) in [6, 6.07) is 2.50. The Morgan fingerprint density at radius 3 is 2.73 bits per heavy atom. The van der Waals surface area contributed by atoms with Crippen LogP contribution in [0.2, 0.25) is 0 Å². The third-order valence-electron chi connectivity index (χ3n) is 5.25. The van der Waals surface area contributed by atoms with Gasteiger partial charge in [-0.05, 0) is 57.3 Å². The molecule has 3 heterocycles. The molecule has 2 aliphatic heterocycles. The van der Waals surface area contributed by atoms with Gasteiger partial charge < -0.3 is 10.0 Å². The van der Waals surface area contributed by atoms with Crippen LogP contribution >= 0.6 is 0 Å². The van der Waals surface area contributed by atoms with Gasteiger partial charge in [-0.3, -0.25) is 9.58 Å². The average Bonchev–Trinajstić information content (AvgIpc) is 3.15. The van der Waals surface area contributed by atoms with Crippen molar-refractivity contribution in [1.82, 2.24) is 19.6 Å². The minimum Gasteiger partial charge on any atom is -0.390 e. The van der Waals surface area contributed by atoms with Crippen LogP contribution < -0.4 is 0 Å². The molecule has 2 fully saturated rings. The van der Waals surface area contributed by atoms with Crippen molar-refractivity contribution < 1.29 is 5.11 Å². The third kappa shape index (κ3) is 4.31. The number of hydrogen-bond donors (Lipinski definition) is 1. The van der Waals surface area contributed by atoms with Crippen molar-refractivity contribution in [2.45, 2.75) is 51.3 Å². The van der Waals surface area contributed by atoms with Crippen LogP contribution in [-0.4, -0.2) is 69.6 Å². The van der Waals surface area contributed by atoms with E-state index in [1.807, 2.05) is 23.1 Å². The standard InChI is InChI=1S/C17H30N4O/c1-15-5-10-19(11-6-15)13-17(22)14-20-8-2-4-16(20)12-21-9-3-7-18-21/h3,7,9,15-17,22H,2,4-6,8,10-14H2,1H3/t16-,17-/m0/s1. The molecule has 2 aliphatic rings. The molecule has 0 bridgehead atoms. The van der Waals surface area contributed by atoms with E-state index in [0.717, 1.165) is 45.2 Å². The maximum absolute atomic E-state index is 10.5. The van der Waals surface area contributed by atoms with Gasteiger partial charge in [-0.15, -0.1) is 0 Å². The second-order valence-corrected chi connectivity index (χ2v) is 7.16. The Kier molecular flexibility index (Phi) is 5.50.